The first-order chi connectivity index (χ1) is 5.36. The van der Waals surface area contributed by atoms with E-state index in [1.165, 1.54) is 0 Å². The van der Waals surface area contributed by atoms with Crippen LogP contribution in [0.5, 0.6) is 0 Å². The first-order valence-corrected chi connectivity index (χ1v) is 2.36. The summed E-state index contributed by atoms with van der Waals surface area (Å²) in [5.41, 5.74) is 0. The number of rotatable bonds is 2. The Morgan fingerprint density at radius 1 is 0.929 bits per heavy atom. The molecule has 0 saturated heterocycles. The fourth-order valence-corrected chi connectivity index (χ4v) is 0.136. The summed E-state index contributed by atoms with van der Waals surface area (Å²) in [5, 5.41) is 34.1. The molecule has 0 rings (SSSR count). The monoisotopic (exact) mass is 238 g/mol. The van der Waals surface area contributed by atoms with Crippen molar-refractivity contribution in [1.82, 2.24) is 0 Å². The van der Waals surface area contributed by atoms with E-state index in [9.17, 15) is 19.8 Å². The Bertz CT molecular complexity index is 194. The van der Waals surface area contributed by atoms with Gasteiger partial charge in [0.2, 0.25) is 6.16 Å². The summed E-state index contributed by atoms with van der Waals surface area (Å²) in [4.78, 5) is 27.3. The van der Waals surface area contributed by atoms with Gasteiger partial charge in [0.1, 0.15) is 0 Å². The van der Waals surface area contributed by atoms with Crippen LogP contribution in [0.3, 0.4) is 0 Å². The number of carbonyl (C=O) groups excluding carboxylic acids is 2. The van der Waals surface area contributed by atoms with Crippen molar-refractivity contribution in [2.45, 2.75) is 0 Å². The van der Waals surface area contributed by atoms with Gasteiger partial charge < -0.3 is 34.8 Å². The summed E-state index contributed by atoms with van der Waals surface area (Å²) < 4.78 is 0. The van der Waals surface area contributed by atoms with Gasteiger partial charge >= 0.3 is 67.3 Å². The number of aliphatic carboxylic acids is 2. The quantitative estimate of drug-likeness (QED) is 0.372. The summed E-state index contributed by atoms with van der Waals surface area (Å²) in [6.07, 6.45) is -1.31. The maximum atomic E-state index is 9.41. The molecule has 1 N–H and O–H groups in total. The average molecular weight is 238 g/mol. The molecule has 7 nitrogen and oxygen atoms in total. The number of hydrogen-bond acceptors (Lipinski definition) is 6. The molecule has 68 valence electrons. The first-order valence-electron chi connectivity index (χ1n) is 2.36. The van der Waals surface area contributed by atoms with Crippen LogP contribution in [0.25, 0.3) is 0 Å². The fraction of sp³-hybridized carbons (Fsp3) is 0. The van der Waals surface area contributed by atoms with E-state index < -0.39 is 18.1 Å². The zero-order valence-electron chi connectivity index (χ0n) is 7.26. The largest absolute Gasteiger partial charge is 2.00 e. The molecule has 0 aliphatic rings. The SMILES string of the molecule is O=C([O-])/C=C\C(=O)[O-].O=C([O-])O.[Ca+2].[Na+]. The van der Waals surface area contributed by atoms with Gasteiger partial charge in [-0.1, -0.05) is 0 Å². The molecule has 0 aromatic rings. The minimum Gasteiger partial charge on any atom is -0.565 e. The Balaban J connectivity index is -0.0000000733. The van der Waals surface area contributed by atoms with Crippen LogP contribution in [0.1, 0.15) is 0 Å². The minimum absolute atomic E-state index is 0. The zero-order valence-corrected chi connectivity index (χ0v) is 11.5. The Kier molecular flexibility index (Phi) is 26.6. The van der Waals surface area contributed by atoms with Crippen molar-refractivity contribution in [1.29, 1.82) is 0 Å². The van der Waals surface area contributed by atoms with Crippen molar-refractivity contribution < 1.29 is 64.4 Å². The van der Waals surface area contributed by atoms with Crippen molar-refractivity contribution in [3.8, 4) is 0 Å². The first kappa shape index (κ1) is 23.8. The molecule has 0 aliphatic heterocycles. The molecule has 0 spiro atoms. The molecule has 0 fully saturated rings. The second-order valence-electron chi connectivity index (χ2n) is 1.24. The molecule has 0 unspecified atom stereocenters. The maximum Gasteiger partial charge on any atom is 2.00 e. The van der Waals surface area contributed by atoms with Crippen molar-refractivity contribution in [3.63, 3.8) is 0 Å². The predicted molar refractivity (Wildman–Crippen MR) is 32.9 cm³/mol. The molecule has 0 aromatic heterocycles. The summed E-state index contributed by atoms with van der Waals surface area (Å²) in [5.74, 6) is -3.09. The van der Waals surface area contributed by atoms with E-state index in [-0.39, 0.29) is 67.3 Å². The van der Waals surface area contributed by atoms with Crippen LogP contribution >= 0.6 is 0 Å². The van der Waals surface area contributed by atoms with Gasteiger partial charge in [0.25, 0.3) is 0 Å². The Morgan fingerprint density at radius 2 is 1.07 bits per heavy atom. The molecule has 0 aromatic carbocycles. The normalized spacial score (nSPS) is 7.14. The number of hydrogen-bond donors (Lipinski definition) is 1. The molecular formula is C5H3CaNaO7. The molecule has 14 heavy (non-hydrogen) atoms. The standard InChI is InChI=1S/C4H4O4.CH2O3.Ca.Na/c5-3(6)1-2-4(7)8;2-1(3)4;;/h1-2H,(H,5,6)(H,7,8);(H2,2,3,4);;/q;;+2;+1/p-3/b2-1-;;;. The van der Waals surface area contributed by atoms with Crippen molar-refractivity contribution in [2.75, 3.05) is 0 Å². The van der Waals surface area contributed by atoms with E-state index >= 15 is 0 Å². The maximum absolute atomic E-state index is 9.41. The molecule has 0 saturated carbocycles. The topological polar surface area (TPSA) is 141 Å². The summed E-state index contributed by atoms with van der Waals surface area (Å²) >= 11 is 0. The van der Waals surface area contributed by atoms with Crippen molar-refractivity contribution in [3.05, 3.63) is 12.2 Å². The van der Waals surface area contributed by atoms with Crippen LogP contribution in [-0.2, 0) is 9.59 Å². The molecule has 0 atom stereocenters. The van der Waals surface area contributed by atoms with Crippen LogP contribution < -0.4 is 44.9 Å². The van der Waals surface area contributed by atoms with Gasteiger partial charge in [-0.05, 0) is 12.2 Å². The third-order valence-electron chi connectivity index (χ3n) is 0.355. The Hall–Kier alpha value is 0.210. The number of carboxylic acid groups (broad SMARTS) is 4. The molecule has 0 bridgehead atoms. The average Bonchev–Trinajstić information content (AvgIpc) is 1.82. The summed E-state index contributed by atoms with van der Waals surface area (Å²) in [7, 11) is 0. The van der Waals surface area contributed by atoms with E-state index in [1.807, 2.05) is 0 Å². The number of carboxylic acids is 2. The van der Waals surface area contributed by atoms with Gasteiger partial charge in [-0.2, -0.15) is 0 Å². The van der Waals surface area contributed by atoms with Crippen LogP contribution in [0.4, 0.5) is 4.79 Å². The third kappa shape index (κ3) is 56.5. The summed E-state index contributed by atoms with van der Waals surface area (Å²) in [6.45, 7) is 0. The third-order valence-corrected chi connectivity index (χ3v) is 0.355. The molecule has 9 heteroatoms. The molecule has 0 aliphatic carbocycles. The second kappa shape index (κ2) is 15.7. The van der Waals surface area contributed by atoms with E-state index in [2.05, 4.69) is 0 Å². The summed E-state index contributed by atoms with van der Waals surface area (Å²) in [6, 6.07) is 0. The van der Waals surface area contributed by atoms with Gasteiger partial charge in [0.15, 0.2) is 0 Å². The van der Waals surface area contributed by atoms with E-state index in [1.54, 1.807) is 0 Å². The van der Waals surface area contributed by atoms with E-state index in [0.29, 0.717) is 12.2 Å². The fourth-order valence-electron chi connectivity index (χ4n) is 0.136. The van der Waals surface area contributed by atoms with Crippen LogP contribution in [0.15, 0.2) is 12.2 Å². The van der Waals surface area contributed by atoms with Crippen molar-refractivity contribution >= 4 is 55.8 Å². The molecule has 0 amide bonds. The van der Waals surface area contributed by atoms with Crippen LogP contribution in [0, 0.1) is 0 Å². The van der Waals surface area contributed by atoms with Gasteiger partial charge in [-0.25, -0.2) is 0 Å². The molecule has 0 radical (unpaired) electrons. The Morgan fingerprint density at radius 3 is 1.14 bits per heavy atom. The zero-order chi connectivity index (χ0) is 10.1. The predicted octanol–water partition coefficient (Wildman–Crippen LogP) is -7.45. The molecular weight excluding hydrogens is 235 g/mol. The van der Waals surface area contributed by atoms with Gasteiger partial charge in [0, 0.05) is 0 Å². The van der Waals surface area contributed by atoms with E-state index in [4.69, 9.17) is 15.0 Å². The van der Waals surface area contributed by atoms with E-state index in [0.717, 1.165) is 0 Å². The van der Waals surface area contributed by atoms with Gasteiger partial charge in [0.05, 0.1) is 11.9 Å². The Labute approximate surface area is 131 Å². The number of carbonyl (C=O) groups is 3. The smallest absolute Gasteiger partial charge is 0.565 e. The van der Waals surface area contributed by atoms with Crippen LogP contribution in [0.2, 0.25) is 0 Å². The van der Waals surface area contributed by atoms with Gasteiger partial charge in [-0.15, -0.1) is 0 Å². The minimum atomic E-state index is -2.08. The molecule has 0 heterocycles. The second-order valence-corrected chi connectivity index (χ2v) is 1.24. The van der Waals surface area contributed by atoms with Gasteiger partial charge in [-0.3, -0.25) is 0 Å². The van der Waals surface area contributed by atoms with Crippen molar-refractivity contribution in [2.24, 2.45) is 0 Å². The van der Waals surface area contributed by atoms with Crippen LogP contribution in [-0.4, -0.2) is 60.9 Å².